The molecule has 8 heteroatoms. The van der Waals surface area contributed by atoms with Crippen LogP contribution in [0.2, 0.25) is 5.02 Å². The number of benzene rings is 2. The summed E-state index contributed by atoms with van der Waals surface area (Å²) in [7, 11) is 0. The standard InChI is InChI=1S/C19H13ClN4O2S/c20-15-7-5-13(6-8-15)19-23-16(12-27-19)10-22-24-18(25)11-26-17-4-2-1-3-14(17)9-21/h1-8,10,12H,11H2,(H,24,25)/b22-10-. The minimum atomic E-state index is -0.438. The van der Waals surface area contributed by atoms with Gasteiger partial charge >= 0.3 is 0 Å². The Labute approximate surface area is 164 Å². The first-order valence-corrected chi connectivity index (χ1v) is 9.07. The number of carbonyl (C=O) groups is 1. The van der Waals surface area contributed by atoms with Crippen molar-refractivity contribution in [3.63, 3.8) is 0 Å². The Morgan fingerprint density at radius 2 is 2.07 bits per heavy atom. The van der Waals surface area contributed by atoms with Gasteiger partial charge in [-0.1, -0.05) is 35.9 Å². The molecule has 0 atom stereocenters. The topological polar surface area (TPSA) is 87.4 Å². The van der Waals surface area contributed by atoms with Crippen molar-refractivity contribution >= 4 is 35.1 Å². The van der Waals surface area contributed by atoms with E-state index in [9.17, 15) is 4.79 Å². The van der Waals surface area contributed by atoms with Crippen molar-refractivity contribution in [1.82, 2.24) is 10.4 Å². The molecule has 1 N–H and O–H groups in total. The van der Waals surface area contributed by atoms with Crippen LogP contribution < -0.4 is 10.2 Å². The van der Waals surface area contributed by atoms with Crippen LogP contribution in [0.15, 0.2) is 59.0 Å². The second-order valence-electron chi connectivity index (χ2n) is 5.27. The number of rotatable bonds is 6. The zero-order valence-electron chi connectivity index (χ0n) is 13.9. The van der Waals surface area contributed by atoms with E-state index in [1.165, 1.54) is 17.6 Å². The van der Waals surface area contributed by atoms with E-state index >= 15 is 0 Å². The van der Waals surface area contributed by atoms with Crippen LogP contribution in [0.3, 0.4) is 0 Å². The zero-order chi connectivity index (χ0) is 19.1. The third kappa shape index (κ3) is 5.14. The third-order valence-corrected chi connectivity index (χ3v) is 4.53. The summed E-state index contributed by atoms with van der Waals surface area (Å²) in [5.41, 5.74) is 4.31. The number of nitrogens with zero attached hydrogens (tertiary/aromatic N) is 3. The highest BCUT2D eigenvalue weighted by atomic mass is 35.5. The number of hydrazone groups is 1. The van der Waals surface area contributed by atoms with Crippen LogP contribution in [0.5, 0.6) is 5.75 Å². The van der Waals surface area contributed by atoms with Crippen LogP contribution in [0.25, 0.3) is 10.6 Å². The third-order valence-electron chi connectivity index (χ3n) is 3.37. The molecule has 0 radical (unpaired) electrons. The Kier molecular flexibility index (Phi) is 6.15. The number of carbonyl (C=O) groups excluding carboxylic acids is 1. The van der Waals surface area contributed by atoms with E-state index in [4.69, 9.17) is 21.6 Å². The van der Waals surface area contributed by atoms with Gasteiger partial charge in [0.2, 0.25) is 0 Å². The number of halogens is 1. The summed E-state index contributed by atoms with van der Waals surface area (Å²) in [5.74, 6) is -0.0848. The lowest BCUT2D eigenvalue weighted by Crippen LogP contribution is -2.24. The van der Waals surface area contributed by atoms with Gasteiger partial charge in [-0.05, 0) is 24.3 Å². The second kappa shape index (κ2) is 8.94. The highest BCUT2D eigenvalue weighted by Crippen LogP contribution is 2.24. The fraction of sp³-hybridized carbons (Fsp3) is 0.0526. The van der Waals surface area contributed by atoms with Crippen LogP contribution in [0.1, 0.15) is 11.3 Å². The van der Waals surface area contributed by atoms with E-state index in [1.54, 1.807) is 36.4 Å². The number of ether oxygens (including phenoxy) is 1. The SMILES string of the molecule is N#Cc1ccccc1OCC(=O)N/N=C\c1csc(-c2ccc(Cl)cc2)n1. The van der Waals surface area contributed by atoms with E-state index in [1.807, 2.05) is 23.6 Å². The molecule has 0 aliphatic carbocycles. The van der Waals surface area contributed by atoms with Gasteiger partial charge in [-0.25, -0.2) is 10.4 Å². The summed E-state index contributed by atoms with van der Waals surface area (Å²) in [6, 6.07) is 16.1. The Hall–Kier alpha value is -3.21. The van der Waals surface area contributed by atoms with Gasteiger partial charge < -0.3 is 4.74 Å². The number of hydrogen-bond acceptors (Lipinski definition) is 6. The minimum Gasteiger partial charge on any atom is -0.482 e. The zero-order valence-corrected chi connectivity index (χ0v) is 15.5. The molecule has 27 heavy (non-hydrogen) atoms. The van der Waals surface area contributed by atoms with Crippen molar-refractivity contribution in [2.24, 2.45) is 5.10 Å². The Balaban J connectivity index is 1.52. The maximum atomic E-state index is 11.8. The lowest BCUT2D eigenvalue weighted by molar-refractivity contribution is -0.123. The first-order valence-electron chi connectivity index (χ1n) is 7.81. The predicted octanol–water partition coefficient (Wildman–Crippen LogP) is 3.86. The largest absolute Gasteiger partial charge is 0.482 e. The molecule has 0 saturated heterocycles. The van der Waals surface area contributed by atoms with Gasteiger partial charge in [0.15, 0.2) is 6.61 Å². The van der Waals surface area contributed by atoms with Gasteiger partial charge in [0.05, 0.1) is 17.5 Å². The molecule has 0 aliphatic heterocycles. The summed E-state index contributed by atoms with van der Waals surface area (Å²) in [6.45, 7) is -0.247. The molecule has 1 amide bonds. The molecule has 0 unspecified atom stereocenters. The lowest BCUT2D eigenvalue weighted by Gasteiger charge is -2.05. The summed E-state index contributed by atoms with van der Waals surface area (Å²) in [5, 5.41) is 16.2. The van der Waals surface area contributed by atoms with E-state index in [2.05, 4.69) is 15.5 Å². The number of hydrogen-bond donors (Lipinski definition) is 1. The van der Waals surface area contributed by atoms with Gasteiger partial charge in [0.1, 0.15) is 16.8 Å². The molecule has 0 bridgehead atoms. The van der Waals surface area contributed by atoms with Gasteiger partial charge in [0.25, 0.3) is 5.91 Å². The predicted molar refractivity (Wildman–Crippen MR) is 105 cm³/mol. The molecule has 134 valence electrons. The first-order chi connectivity index (χ1) is 13.2. The number of nitrogens with one attached hydrogen (secondary N) is 1. The van der Waals surface area contributed by atoms with Crippen molar-refractivity contribution in [2.75, 3.05) is 6.61 Å². The Morgan fingerprint density at radius 1 is 1.30 bits per heavy atom. The van der Waals surface area contributed by atoms with Crippen molar-refractivity contribution in [3.05, 3.63) is 70.2 Å². The van der Waals surface area contributed by atoms with Gasteiger partial charge in [-0.2, -0.15) is 10.4 Å². The minimum absolute atomic E-state index is 0.247. The van der Waals surface area contributed by atoms with Crippen LogP contribution in [-0.4, -0.2) is 23.7 Å². The molecular formula is C19H13ClN4O2S. The van der Waals surface area contributed by atoms with E-state index < -0.39 is 5.91 Å². The fourth-order valence-electron chi connectivity index (χ4n) is 2.10. The maximum absolute atomic E-state index is 11.8. The summed E-state index contributed by atoms with van der Waals surface area (Å²) in [4.78, 5) is 16.2. The summed E-state index contributed by atoms with van der Waals surface area (Å²) in [6.07, 6.45) is 1.46. The average molecular weight is 397 g/mol. The number of aromatic nitrogens is 1. The molecule has 6 nitrogen and oxygen atoms in total. The molecule has 0 fully saturated rings. The quantitative estimate of drug-likeness (QED) is 0.506. The molecule has 0 aliphatic rings. The van der Waals surface area contributed by atoms with Crippen LogP contribution >= 0.6 is 22.9 Å². The smallest absolute Gasteiger partial charge is 0.277 e. The van der Waals surface area contributed by atoms with E-state index in [0.29, 0.717) is 22.0 Å². The first kappa shape index (κ1) is 18.6. The number of para-hydroxylation sites is 1. The highest BCUT2D eigenvalue weighted by molar-refractivity contribution is 7.13. The summed E-state index contributed by atoms with van der Waals surface area (Å²) >= 11 is 7.35. The normalized spacial score (nSPS) is 10.5. The molecule has 0 spiro atoms. The van der Waals surface area contributed by atoms with Crippen LogP contribution in [0.4, 0.5) is 0 Å². The van der Waals surface area contributed by atoms with Crippen molar-refractivity contribution in [2.45, 2.75) is 0 Å². The fourth-order valence-corrected chi connectivity index (χ4v) is 3.00. The molecular weight excluding hydrogens is 384 g/mol. The molecule has 2 aromatic carbocycles. The Morgan fingerprint density at radius 3 is 2.85 bits per heavy atom. The van der Waals surface area contributed by atoms with Crippen molar-refractivity contribution in [3.8, 4) is 22.4 Å². The average Bonchev–Trinajstić information content (AvgIpc) is 3.16. The number of amides is 1. The van der Waals surface area contributed by atoms with E-state index in [0.717, 1.165) is 10.6 Å². The second-order valence-corrected chi connectivity index (χ2v) is 6.57. The van der Waals surface area contributed by atoms with Crippen molar-refractivity contribution in [1.29, 1.82) is 5.26 Å². The summed E-state index contributed by atoms with van der Waals surface area (Å²) < 4.78 is 5.33. The molecule has 3 rings (SSSR count). The molecule has 3 aromatic rings. The highest BCUT2D eigenvalue weighted by Gasteiger charge is 2.06. The van der Waals surface area contributed by atoms with Gasteiger partial charge in [0, 0.05) is 16.0 Å². The van der Waals surface area contributed by atoms with Gasteiger partial charge in [-0.15, -0.1) is 11.3 Å². The lowest BCUT2D eigenvalue weighted by atomic mass is 10.2. The molecule has 0 saturated carbocycles. The molecule has 1 heterocycles. The Bertz CT molecular complexity index is 1010. The van der Waals surface area contributed by atoms with Crippen LogP contribution in [0, 0.1) is 11.3 Å². The monoisotopic (exact) mass is 396 g/mol. The van der Waals surface area contributed by atoms with Crippen molar-refractivity contribution < 1.29 is 9.53 Å². The van der Waals surface area contributed by atoms with E-state index in [-0.39, 0.29) is 6.61 Å². The maximum Gasteiger partial charge on any atom is 0.277 e. The van der Waals surface area contributed by atoms with Crippen LogP contribution in [-0.2, 0) is 4.79 Å². The number of thiazole rings is 1. The number of nitriles is 1. The molecule has 1 aromatic heterocycles. The van der Waals surface area contributed by atoms with Gasteiger partial charge in [-0.3, -0.25) is 4.79 Å².